The second-order valence-electron chi connectivity index (χ2n) is 10.9. The zero-order valence-corrected chi connectivity index (χ0v) is 23.1. The Bertz CT molecular complexity index is 920. The first kappa shape index (κ1) is 29.1. The molecule has 1 aliphatic rings. The summed E-state index contributed by atoms with van der Waals surface area (Å²) in [5, 5.41) is 3.00. The number of urea groups is 1. The van der Waals surface area contributed by atoms with E-state index in [-0.39, 0.29) is 41.7 Å². The topological polar surface area (TPSA) is 90.0 Å². The summed E-state index contributed by atoms with van der Waals surface area (Å²) in [4.78, 5) is 29.8. The monoisotopic (exact) mass is 508 g/mol. The van der Waals surface area contributed by atoms with Gasteiger partial charge in [0.05, 0.1) is 12.3 Å². The molecule has 0 aromatic heterocycles. The van der Waals surface area contributed by atoms with Gasteiger partial charge in [0.25, 0.3) is 0 Å². The van der Waals surface area contributed by atoms with Gasteiger partial charge in [0.15, 0.2) is 0 Å². The van der Waals surface area contributed by atoms with Gasteiger partial charge >= 0.3 is 6.03 Å². The van der Waals surface area contributed by atoms with E-state index in [9.17, 15) is 18.0 Å². The van der Waals surface area contributed by atoms with E-state index in [2.05, 4.69) is 5.32 Å². The number of nitrogens with zero attached hydrogens (tertiary/aromatic N) is 3. The first-order valence-electron chi connectivity index (χ1n) is 12.7. The fourth-order valence-electron chi connectivity index (χ4n) is 4.29. The van der Waals surface area contributed by atoms with Gasteiger partial charge < -0.3 is 15.1 Å². The zero-order chi connectivity index (χ0) is 26.2. The van der Waals surface area contributed by atoms with Crippen molar-refractivity contribution in [3.05, 3.63) is 35.9 Å². The molecule has 8 nitrogen and oxygen atoms in total. The first-order chi connectivity index (χ1) is 16.3. The molecule has 0 unspecified atom stereocenters. The SMILES string of the molecule is CCCS(=O)(=O)N(CC(=O)N(Cc1ccccc1)C1CCN(C(=O)NC(C)(C)C)CC1)CC(C)C. The van der Waals surface area contributed by atoms with Crippen LogP contribution in [0.4, 0.5) is 4.79 Å². The molecule has 1 heterocycles. The van der Waals surface area contributed by atoms with Gasteiger partial charge in [0.2, 0.25) is 15.9 Å². The van der Waals surface area contributed by atoms with Crippen LogP contribution in [0.1, 0.15) is 66.4 Å². The Morgan fingerprint density at radius 1 is 1.11 bits per heavy atom. The van der Waals surface area contributed by atoms with Crippen LogP contribution < -0.4 is 5.32 Å². The third-order valence-electron chi connectivity index (χ3n) is 5.93. The van der Waals surface area contributed by atoms with Crippen LogP contribution in [0.3, 0.4) is 0 Å². The van der Waals surface area contributed by atoms with Crippen LogP contribution in [-0.4, -0.2) is 78.0 Å². The van der Waals surface area contributed by atoms with E-state index in [1.54, 1.807) is 4.90 Å². The van der Waals surface area contributed by atoms with E-state index in [1.165, 1.54) is 4.31 Å². The summed E-state index contributed by atoms with van der Waals surface area (Å²) >= 11 is 0. The van der Waals surface area contributed by atoms with Crippen LogP contribution in [0.2, 0.25) is 0 Å². The average Bonchev–Trinajstić information content (AvgIpc) is 2.76. The maximum atomic E-state index is 13.6. The number of likely N-dealkylation sites (tertiary alicyclic amines) is 1. The van der Waals surface area contributed by atoms with Crippen LogP contribution in [-0.2, 0) is 21.4 Å². The summed E-state index contributed by atoms with van der Waals surface area (Å²) in [5.41, 5.74) is 0.688. The van der Waals surface area contributed by atoms with Gasteiger partial charge in [-0.2, -0.15) is 4.31 Å². The summed E-state index contributed by atoms with van der Waals surface area (Å²) in [5.74, 6) is -0.0409. The van der Waals surface area contributed by atoms with E-state index in [1.807, 2.05) is 76.8 Å². The van der Waals surface area contributed by atoms with Crippen molar-refractivity contribution in [2.45, 2.75) is 78.9 Å². The Morgan fingerprint density at radius 2 is 1.71 bits per heavy atom. The molecule has 0 aliphatic carbocycles. The Balaban J connectivity index is 2.19. The number of benzene rings is 1. The normalized spacial score (nSPS) is 15.5. The van der Waals surface area contributed by atoms with E-state index in [4.69, 9.17) is 0 Å². The number of hydrogen-bond donors (Lipinski definition) is 1. The lowest BCUT2D eigenvalue weighted by molar-refractivity contribution is -0.135. The average molecular weight is 509 g/mol. The number of amides is 3. The molecule has 1 aromatic carbocycles. The summed E-state index contributed by atoms with van der Waals surface area (Å²) in [6.07, 6.45) is 1.82. The molecule has 0 radical (unpaired) electrons. The van der Waals surface area contributed by atoms with E-state index in [0.29, 0.717) is 45.4 Å². The highest BCUT2D eigenvalue weighted by molar-refractivity contribution is 7.89. The number of hydrogen-bond acceptors (Lipinski definition) is 4. The van der Waals surface area contributed by atoms with Gasteiger partial charge in [0, 0.05) is 37.8 Å². The van der Waals surface area contributed by atoms with Crippen LogP contribution >= 0.6 is 0 Å². The lowest BCUT2D eigenvalue weighted by atomic mass is 10.0. The van der Waals surface area contributed by atoms with E-state index < -0.39 is 10.0 Å². The van der Waals surface area contributed by atoms with Crippen molar-refractivity contribution in [1.29, 1.82) is 0 Å². The largest absolute Gasteiger partial charge is 0.334 e. The second-order valence-corrected chi connectivity index (χ2v) is 13.0. The fraction of sp³-hybridized carbons (Fsp3) is 0.692. The highest BCUT2D eigenvalue weighted by Crippen LogP contribution is 2.21. The Kier molecular flexibility index (Phi) is 10.6. The minimum Gasteiger partial charge on any atom is -0.334 e. The number of sulfonamides is 1. The van der Waals surface area contributed by atoms with Gasteiger partial charge in [-0.1, -0.05) is 51.1 Å². The molecule has 1 aliphatic heterocycles. The van der Waals surface area contributed by atoms with E-state index >= 15 is 0 Å². The fourth-order valence-corrected chi connectivity index (χ4v) is 5.90. The lowest BCUT2D eigenvalue weighted by Gasteiger charge is -2.40. The number of nitrogens with one attached hydrogen (secondary N) is 1. The molecule has 0 atom stereocenters. The minimum absolute atomic E-state index is 0.0347. The maximum absolute atomic E-state index is 13.6. The highest BCUT2D eigenvalue weighted by Gasteiger charge is 2.33. The molecule has 0 spiro atoms. The molecular formula is C26H44N4O4S. The summed E-state index contributed by atoms with van der Waals surface area (Å²) in [6, 6.07) is 9.62. The van der Waals surface area contributed by atoms with Crippen LogP contribution in [0.25, 0.3) is 0 Å². The van der Waals surface area contributed by atoms with Crippen LogP contribution in [0, 0.1) is 5.92 Å². The molecule has 1 saturated heterocycles. The van der Waals surface area contributed by atoms with E-state index in [0.717, 1.165) is 5.56 Å². The molecule has 1 aromatic rings. The van der Waals surface area contributed by atoms with Crippen molar-refractivity contribution in [2.75, 3.05) is 31.9 Å². The van der Waals surface area contributed by atoms with Crippen molar-refractivity contribution < 1.29 is 18.0 Å². The lowest BCUT2D eigenvalue weighted by Crippen LogP contribution is -2.55. The van der Waals surface area contributed by atoms with Gasteiger partial charge in [-0.25, -0.2) is 13.2 Å². The first-order valence-corrected chi connectivity index (χ1v) is 14.3. The van der Waals surface area contributed by atoms with Gasteiger partial charge in [0.1, 0.15) is 0 Å². The number of carbonyl (C=O) groups is 2. The second kappa shape index (κ2) is 12.7. The quantitative estimate of drug-likeness (QED) is 0.522. The third-order valence-corrected chi connectivity index (χ3v) is 7.92. The van der Waals surface area contributed by atoms with Crippen molar-refractivity contribution >= 4 is 22.0 Å². The molecular weight excluding hydrogens is 464 g/mol. The molecule has 9 heteroatoms. The van der Waals surface area contributed by atoms with Crippen molar-refractivity contribution in [2.24, 2.45) is 5.92 Å². The van der Waals surface area contributed by atoms with Crippen molar-refractivity contribution in [3.63, 3.8) is 0 Å². The number of carbonyl (C=O) groups excluding carboxylic acids is 2. The van der Waals surface area contributed by atoms with Crippen LogP contribution in [0.5, 0.6) is 0 Å². The molecule has 198 valence electrons. The molecule has 35 heavy (non-hydrogen) atoms. The highest BCUT2D eigenvalue weighted by atomic mass is 32.2. The minimum atomic E-state index is -3.51. The third kappa shape index (κ3) is 9.44. The van der Waals surface area contributed by atoms with Crippen LogP contribution in [0.15, 0.2) is 30.3 Å². The predicted octanol–water partition coefficient (Wildman–Crippen LogP) is 3.69. The number of piperidine rings is 1. The Labute approximate surface area is 212 Å². The molecule has 2 rings (SSSR count). The summed E-state index contributed by atoms with van der Waals surface area (Å²) < 4.78 is 27.1. The molecule has 3 amide bonds. The van der Waals surface area contributed by atoms with Gasteiger partial charge in [-0.15, -0.1) is 0 Å². The zero-order valence-electron chi connectivity index (χ0n) is 22.3. The molecule has 0 bridgehead atoms. The summed E-state index contributed by atoms with van der Waals surface area (Å²) in [7, 11) is -3.51. The molecule has 1 N–H and O–H groups in total. The molecule has 1 fully saturated rings. The predicted molar refractivity (Wildman–Crippen MR) is 140 cm³/mol. The van der Waals surface area contributed by atoms with Gasteiger partial charge in [-0.05, 0) is 51.5 Å². The maximum Gasteiger partial charge on any atom is 0.317 e. The summed E-state index contributed by atoms with van der Waals surface area (Å²) in [6.45, 7) is 13.3. The van der Waals surface area contributed by atoms with Crippen molar-refractivity contribution in [3.8, 4) is 0 Å². The standard InChI is InChI=1S/C26H44N4O4S/c1-7-17-35(33,34)29(18-21(2)3)20-24(31)30(19-22-11-9-8-10-12-22)23-13-15-28(16-14-23)25(32)27-26(4,5)6/h8-12,21,23H,7,13-20H2,1-6H3,(H,27,32). The number of rotatable bonds is 10. The van der Waals surface area contributed by atoms with Gasteiger partial charge in [-0.3, -0.25) is 4.79 Å². The molecule has 0 saturated carbocycles. The Hall–Kier alpha value is -2.13. The van der Waals surface area contributed by atoms with Crippen molar-refractivity contribution in [1.82, 2.24) is 19.4 Å². The Morgan fingerprint density at radius 3 is 2.23 bits per heavy atom. The smallest absolute Gasteiger partial charge is 0.317 e.